The molecule has 3 heterocycles. The first-order valence-corrected chi connectivity index (χ1v) is 14.0. The zero-order valence-corrected chi connectivity index (χ0v) is 24.1. The summed E-state index contributed by atoms with van der Waals surface area (Å²) in [5, 5.41) is 20.1. The van der Waals surface area contributed by atoms with Crippen LogP contribution >= 0.6 is 0 Å². The summed E-state index contributed by atoms with van der Waals surface area (Å²) >= 11 is 0. The quantitative estimate of drug-likeness (QED) is 0.270. The zero-order chi connectivity index (χ0) is 29.7. The maximum Gasteiger partial charge on any atom is 0.255 e. The lowest BCUT2D eigenvalue weighted by molar-refractivity contribution is -0.117. The summed E-state index contributed by atoms with van der Waals surface area (Å²) < 4.78 is 7.16. The Morgan fingerprint density at radius 2 is 1.90 bits per heavy atom. The lowest BCUT2D eigenvalue weighted by Crippen LogP contribution is -2.22. The maximum absolute atomic E-state index is 13.1. The van der Waals surface area contributed by atoms with Crippen LogP contribution in [-0.2, 0) is 14.9 Å². The van der Waals surface area contributed by atoms with Crippen molar-refractivity contribution in [3.8, 4) is 22.9 Å². The lowest BCUT2D eigenvalue weighted by Gasteiger charge is -2.21. The summed E-state index contributed by atoms with van der Waals surface area (Å²) in [5.74, 6) is 0.0386. The Kier molecular flexibility index (Phi) is 8.46. The van der Waals surface area contributed by atoms with Crippen LogP contribution in [-0.4, -0.2) is 39.8 Å². The predicted octanol–water partition coefficient (Wildman–Crippen LogP) is 6.05. The van der Waals surface area contributed by atoms with E-state index in [0.717, 1.165) is 40.8 Å². The monoisotopic (exact) mass is 562 g/mol. The third kappa shape index (κ3) is 6.56. The van der Waals surface area contributed by atoms with Gasteiger partial charge >= 0.3 is 0 Å². The minimum absolute atomic E-state index is 0.0252. The maximum atomic E-state index is 13.1. The Bertz CT molecular complexity index is 1650. The van der Waals surface area contributed by atoms with Gasteiger partial charge in [-0.15, -0.1) is 0 Å². The number of aryl methyl sites for hydroxylation is 1. The van der Waals surface area contributed by atoms with Crippen LogP contribution in [0.4, 0.5) is 11.4 Å². The smallest absolute Gasteiger partial charge is 0.255 e. The molecule has 1 aliphatic heterocycles. The summed E-state index contributed by atoms with van der Waals surface area (Å²) in [6.07, 6.45) is 9.25. The number of amides is 2. The molecule has 4 aromatic rings. The van der Waals surface area contributed by atoms with Crippen LogP contribution in [0.5, 0.6) is 0 Å². The SMILES string of the molecule is Cc1ccc(NC(=O)c2cccc(C(C)(C)C#N)c2)cc1-n1cc(-c2cnccc2NC(=O)CC2CCOCC2)cn1. The fraction of sp³-hybridized carbons (Fsp3) is 0.303. The Morgan fingerprint density at radius 3 is 2.69 bits per heavy atom. The number of carbonyl (C=O) groups is 2. The van der Waals surface area contributed by atoms with E-state index in [1.54, 1.807) is 47.5 Å². The third-order valence-corrected chi connectivity index (χ3v) is 7.64. The molecule has 9 nitrogen and oxygen atoms in total. The van der Waals surface area contributed by atoms with Crippen molar-refractivity contribution in [2.45, 2.75) is 45.4 Å². The van der Waals surface area contributed by atoms with Gasteiger partial charge in [-0.25, -0.2) is 4.68 Å². The predicted molar refractivity (Wildman–Crippen MR) is 161 cm³/mol. The van der Waals surface area contributed by atoms with E-state index in [0.29, 0.717) is 42.5 Å². The van der Waals surface area contributed by atoms with Crippen LogP contribution in [0.3, 0.4) is 0 Å². The third-order valence-electron chi connectivity index (χ3n) is 7.64. The molecule has 1 aliphatic rings. The molecule has 0 aliphatic carbocycles. The van der Waals surface area contributed by atoms with Crippen LogP contribution in [0.2, 0.25) is 0 Å². The van der Waals surface area contributed by atoms with E-state index < -0.39 is 5.41 Å². The summed E-state index contributed by atoms with van der Waals surface area (Å²) in [7, 11) is 0. The Hall–Kier alpha value is -4.81. The molecular formula is C33H34N6O3. The molecule has 2 aromatic heterocycles. The molecule has 0 radical (unpaired) electrons. The number of benzene rings is 2. The van der Waals surface area contributed by atoms with Gasteiger partial charge < -0.3 is 15.4 Å². The van der Waals surface area contributed by atoms with Gasteiger partial charge in [-0.1, -0.05) is 18.2 Å². The first kappa shape index (κ1) is 28.7. The molecule has 2 N–H and O–H groups in total. The van der Waals surface area contributed by atoms with Crippen LogP contribution in [0.15, 0.2) is 73.3 Å². The first-order chi connectivity index (χ1) is 20.2. The van der Waals surface area contributed by atoms with Crippen molar-refractivity contribution in [3.05, 3.63) is 90.0 Å². The van der Waals surface area contributed by atoms with Crippen molar-refractivity contribution >= 4 is 23.2 Å². The zero-order valence-electron chi connectivity index (χ0n) is 24.1. The number of hydrogen-bond donors (Lipinski definition) is 2. The highest BCUT2D eigenvalue weighted by Crippen LogP contribution is 2.30. The number of nitriles is 1. The van der Waals surface area contributed by atoms with Gasteiger partial charge in [-0.05, 0) is 81.0 Å². The fourth-order valence-electron chi connectivity index (χ4n) is 4.99. The molecule has 1 fully saturated rings. The topological polar surface area (TPSA) is 122 Å². The summed E-state index contributed by atoms with van der Waals surface area (Å²) in [6, 6.07) is 16.8. The summed E-state index contributed by atoms with van der Waals surface area (Å²) in [6.45, 7) is 7.03. The molecule has 5 rings (SSSR count). The number of hydrogen-bond acceptors (Lipinski definition) is 6. The van der Waals surface area contributed by atoms with E-state index in [2.05, 4.69) is 26.8 Å². The van der Waals surface area contributed by atoms with E-state index >= 15 is 0 Å². The minimum Gasteiger partial charge on any atom is -0.381 e. The standard InChI is InChI=1S/C33H34N6O3/c1-22-7-8-27(37-32(41)24-5-4-6-26(16-24)33(2,3)21-34)17-30(22)39-20-25(18-36-39)28-19-35-12-9-29(28)38-31(40)15-23-10-13-42-14-11-23/h4-9,12,16-20,23H,10-11,13-15H2,1-3H3,(H,37,41)(H,35,38,40). The van der Waals surface area contributed by atoms with Crippen LogP contribution in [0.25, 0.3) is 16.8 Å². The average molecular weight is 563 g/mol. The van der Waals surface area contributed by atoms with Crippen LogP contribution in [0.1, 0.15) is 54.6 Å². The van der Waals surface area contributed by atoms with Gasteiger partial charge in [0, 0.05) is 60.6 Å². The van der Waals surface area contributed by atoms with Crippen LogP contribution in [0, 0.1) is 24.2 Å². The fourth-order valence-corrected chi connectivity index (χ4v) is 4.99. The molecule has 0 saturated carbocycles. The molecule has 0 spiro atoms. The number of nitrogens with one attached hydrogen (secondary N) is 2. The lowest BCUT2D eigenvalue weighted by atomic mass is 9.85. The highest BCUT2D eigenvalue weighted by atomic mass is 16.5. The highest BCUT2D eigenvalue weighted by molar-refractivity contribution is 6.04. The number of aromatic nitrogens is 3. The Balaban J connectivity index is 1.33. The second-order valence-corrected chi connectivity index (χ2v) is 11.2. The van der Waals surface area contributed by atoms with Crippen molar-refractivity contribution in [2.24, 2.45) is 5.92 Å². The van der Waals surface area contributed by atoms with E-state index in [9.17, 15) is 14.9 Å². The molecule has 9 heteroatoms. The summed E-state index contributed by atoms with van der Waals surface area (Å²) in [5.41, 5.74) is 5.19. The van der Waals surface area contributed by atoms with Crippen molar-refractivity contribution in [1.29, 1.82) is 5.26 Å². The first-order valence-electron chi connectivity index (χ1n) is 14.0. The average Bonchev–Trinajstić information content (AvgIpc) is 3.49. The number of anilines is 2. The molecule has 0 unspecified atom stereocenters. The minimum atomic E-state index is -0.702. The molecular weight excluding hydrogens is 528 g/mol. The van der Waals surface area contributed by atoms with E-state index in [1.165, 1.54) is 0 Å². The summed E-state index contributed by atoms with van der Waals surface area (Å²) in [4.78, 5) is 30.2. The number of ether oxygens (including phenoxy) is 1. The van der Waals surface area contributed by atoms with Crippen molar-refractivity contribution in [1.82, 2.24) is 14.8 Å². The molecule has 2 amide bonds. The number of carbonyl (C=O) groups excluding carboxylic acids is 2. The van der Waals surface area contributed by atoms with Crippen LogP contribution < -0.4 is 10.6 Å². The van der Waals surface area contributed by atoms with Gasteiger partial charge in [0.05, 0.1) is 29.1 Å². The van der Waals surface area contributed by atoms with Gasteiger partial charge in [0.25, 0.3) is 5.91 Å². The second kappa shape index (κ2) is 12.4. The molecule has 0 bridgehead atoms. The number of rotatable bonds is 8. The normalized spacial score (nSPS) is 13.8. The van der Waals surface area contributed by atoms with E-state index in [-0.39, 0.29) is 11.8 Å². The molecule has 0 atom stereocenters. The Labute approximate surface area is 245 Å². The molecule has 1 saturated heterocycles. The van der Waals surface area contributed by atoms with Gasteiger partial charge in [-0.3, -0.25) is 14.6 Å². The van der Waals surface area contributed by atoms with Crippen molar-refractivity contribution in [3.63, 3.8) is 0 Å². The molecule has 2 aromatic carbocycles. The van der Waals surface area contributed by atoms with Gasteiger partial charge in [0.15, 0.2) is 0 Å². The molecule has 42 heavy (non-hydrogen) atoms. The van der Waals surface area contributed by atoms with E-state index in [1.807, 2.05) is 51.2 Å². The molecule has 214 valence electrons. The van der Waals surface area contributed by atoms with Crippen molar-refractivity contribution in [2.75, 3.05) is 23.8 Å². The van der Waals surface area contributed by atoms with Gasteiger partial charge in [0.1, 0.15) is 0 Å². The number of pyridine rings is 1. The second-order valence-electron chi connectivity index (χ2n) is 11.2. The number of nitrogens with zero attached hydrogens (tertiary/aromatic N) is 4. The highest BCUT2D eigenvalue weighted by Gasteiger charge is 2.21. The van der Waals surface area contributed by atoms with Gasteiger partial charge in [0.2, 0.25) is 5.91 Å². The van der Waals surface area contributed by atoms with Gasteiger partial charge in [-0.2, -0.15) is 10.4 Å². The van der Waals surface area contributed by atoms with Crippen molar-refractivity contribution < 1.29 is 14.3 Å². The van der Waals surface area contributed by atoms with E-state index in [4.69, 9.17) is 4.74 Å². The largest absolute Gasteiger partial charge is 0.381 e. The Morgan fingerprint density at radius 1 is 1.10 bits per heavy atom.